The van der Waals surface area contributed by atoms with Crippen LogP contribution in [0.5, 0.6) is 0 Å². The minimum Gasteiger partial charge on any atom is -0.382 e. The lowest BCUT2D eigenvalue weighted by Crippen LogP contribution is -2.05. The van der Waals surface area contributed by atoms with E-state index in [0.717, 1.165) is 11.5 Å². The lowest BCUT2D eigenvalue weighted by Gasteiger charge is -2.14. The summed E-state index contributed by atoms with van der Waals surface area (Å²) in [5, 5.41) is 6.70. The van der Waals surface area contributed by atoms with Crippen LogP contribution in [0.25, 0.3) is 11.1 Å². The first-order valence-electron chi connectivity index (χ1n) is 7.49. The molecule has 0 radical (unpaired) electrons. The highest BCUT2D eigenvalue weighted by Gasteiger charge is 2.24. The predicted octanol–water partition coefficient (Wildman–Crippen LogP) is 3.39. The Balaban J connectivity index is 1.82. The van der Waals surface area contributed by atoms with Gasteiger partial charge in [0.2, 0.25) is 0 Å². The number of aromatic nitrogens is 1. The van der Waals surface area contributed by atoms with Crippen molar-refractivity contribution in [3.63, 3.8) is 0 Å². The van der Waals surface area contributed by atoms with Crippen molar-refractivity contribution in [1.29, 1.82) is 0 Å². The van der Waals surface area contributed by atoms with Crippen molar-refractivity contribution in [2.24, 2.45) is 0 Å². The number of ether oxygens (including phenoxy) is 1. The Morgan fingerprint density at radius 2 is 2.00 bits per heavy atom. The molecule has 4 rings (SSSR count). The molecule has 1 fully saturated rings. The molecular weight excluding hydrogens is 262 g/mol. The Bertz CT molecular complexity index is 680. The van der Waals surface area contributed by atoms with E-state index in [2.05, 4.69) is 39.9 Å². The first kappa shape index (κ1) is 12.7. The average molecular weight is 281 g/mol. The highest BCUT2D eigenvalue weighted by atomic mass is 16.5. The molecule has 1 aromatic heterocycles. The van der Waals surface area contributed by atoms with E-state index >= 15 is 0 Å². The topological polar surface area (TPSA) is 46.2 Å². The fourth-order valence-corrected chi connectivity index (χ4v) is 2.82. The standard InChI is InChI=1S/C17H19N3O/c1-18-17-8-7-13-12-3-2-4-15(19-11-5-6-11)14(12)9-21-10-16(13)20-17/h2-4,7-8,11,19H,5-6,9-10H2,1H3,(H,18,20). The summed E-state index contributed by atoms with van der Waals surface area (Å²) in [5.41, 5.74) is 5.89. The third-order valence-electron chi connectivity index (χ3n) is 4.12. The number of anilines is 2. The molecular formula is C17H19N3O. The number of nitrogens with one attached hydrogen (secondary N) is 2. The lowest BCUT2D eigenvalue weighted by atomic mass is 9.98. The maximum Gasteiger partial charge on any atom is 0.126 e. The van der Waals surface area contributed by atoms with E-state index in [-0.39, 0.29) is 0 Å². The molecule has 2 aromatic rings. The Kier molecular flexibility index (Phi) is 3.04. The van der Waals surface area contributed by atoms with Gasteiger partial charge in [-0.15, -0.1) is 0 Å². The van der Waals surface area contributed by atoms with E-state index in [1.807, 2.05) is 13.1 Å². The van der Waals surface area contributed by atoms with Crippen LogP contribution in [0.4, 0.5) is 11.5 Å². The van der Waals surface area contributed by atoms with Gasteiger partial charge in [-0.25, -0.2) is 4.98 Å². The van der Waals surface area contributed by atoms with Crippen LogP contribution in [0, 0.1) is 0 Å². The lowest BCUT2D eigenvalue weighted by molar-refractivity contribution is 0.108. The molecule has 0 bridgehead atoms. The molecule has 1 aromatic carbocycles. The zero-order valence-electron chi connectivity index (χ0n) is 12.1. The minimum absolute atomic E-state index is 0.558. The number of benzene rings is 1. The van der Waals surface area contributed by atoms with E-state index in [9.17, 15) is 0 Å². The van der Waals surface area contributed by atoms with Crippen LogP contribution in [-0.4, -0.2) is 18.1 Å². The molecule has 0 unspecified atom stereocenters. The van der Waals surface area contributed by atoms with Crippen molar-refractivity contribution >= 4 is 11.5 Å². The van der Waals surface area contributed by atoms with Gasteiger partial charge in [-0.05, 0) is 36.6 Å². The largest absolute Gasteiger partial charge is 0.382 e. The van der Waals surface area contributed by atoms with Gasteiger partial charge in [0.15, 0.2) is 0 Å². The van der Waals surface area contributed by atoms with E-state index in [4.69, 9.17) is 4.74 Å². The molecule has 1 saturated carbocycles. The molecule has 0 spiro atoms. The summed E-state index contributed by atoms with van der Waals surface area (Å²) in [4.78, 5) is 4.64. The molecule has 2 aliphatic rings. The zero-order chi connectivity index (χ0) is 14.2. The monoisotopic (exact) mass is 281 g/mol. The summed E-state index contributed by atoms with van der Waals surface area (Å²) in [6.45, 7) is 1.19. The van der Waals surface area contributed by atoms with Gasteiger partial charge in [0.05, 0.1) is 18.9 Å². The molecule has 2 N–H and O–H groups in total. The van der Waals surface area contributed by atoms with Crippen molar-refractivity contribution in [2.75, 3.05) is 17.7 Å². The molecule has 0 atom stereocenters. The number of hydrogen-bond acceptors (Lipinski definition) is 4. The molecule has 0 amide bonds. The summed E-state index contributed by atoms with van der Waals surface area (Å²) < 4.78 is 5.86. The molecule has 4 heteroatoms. The second kappa shape index (κ2) is 5.04. The highest BCUT2D eigenvalue weighted by molar-refractivity contribution is 5.76. The van der Waals surface area contributed by atoms with Crippen molar-refractivity contribution in [3.05, 3.63) is 41.6 Å². The first-order chi connectivity index (χ1) is 10.3. The zero-order valence-corrected chi connectivity index (χ0v) is 12.1. The van der Waals surface area contributed by atoms with Gasteiger partial charge in [0.25, 0.3) is 0 Å². The fraction of sp³-hybridized carbons (Fsp3) is 0.353. The normalized spacial score (nSPS) is 16.6. The van der Waals surface area contributed by atoms with Gasteiger partial charge < -0.3 is 15.4 Å². The van der Waals surface area contributed by atoms with Gasteiger partial charge in [-0.1, -0.05) is 12.1 Å². The molecule has 108 valence electrons. The van der Waals surface area contributed by atoms with Crippen LogP contribution >= 0.6 is 0 Å². The van der Waals surface area contributed by atoms with Crippen LogP contribution in [-0.2, 0) is 18.0 Å². The highest BCUT2D eigenvalue weighted by Crippen LogP contribution is 2.37. The van der Waals surface area contributed by atoms with Crippen LogP contribution in [0.1, 0.15) is 24.1 Å². The summed E-state index contributed by atoms with van der Waals surface area (Å²) in [7, 11) is 1.89. The van der Waals surface area contributed by atoms with Gasteiger partial charge in [-0.2, -0.15) is 0 Å². The van der Waals surface area contributed by atoms with E-state index in [1.54, 1.807) is 0 Å². The third kappa shape index (κ3) is 2.36. The van der Waals surface area contributed by atoms with Crippen LogP contribution in [0.15, 0.2) is 30.3 Å². The molecule has 1 aliphatic heterocycles. The SMILES string of the molecule is CNc1ccc2c(n1)COCc1c(NC3CC3)cccc1-2. The van der Waals surface area contributed by atoms with Gasteiger partial charge in [0, 0.05) is 29.9 Å². The molecule has 4 nitrogen and oxygen atoms in total. The van der Waals surface area contributed by atoms with Crippen molar-refractivity contribution in [1.82, 2.24) is 4.98 Å². The maximum absolute atomic E-state index is 5.86. The quantitative estimate of drug-likeness (QED) is 0.905. The Labute approximate surface area is 124 Å². The minimum atomic E-state index is 0.558. The smallest absolute Gasteiger partial charge is 0.126 e. The second-order valence-corrected chi connectivity index (χ2v) is 5.68. The van der Waals surface area contributed by atoms with Gasteiger partial charge in [0.1, 0.15) is 5.82 Å². The fourth-order valence-electron chi connectivity index (χ4n) is 2.82. The number of fused-ring (bicyclic) bond motifs is 3. The van der Waals surface area contributed by atoms with Crippen molar-refractivity contribution < 1.29 is 4.74 Å². The Hall–Kier alpha value is -2.07. The number of nitrogens with zero attached hydrogens (tertiary/aromatic N) is 1. The first-order valence-corrected chi connectivity index (χ1v) is 7.49. The second-order valence-electron chi connectivity index (χ2n) is 5.68. The Morgan fingerprint density at radius 1 is 1.10 bits per heavy atom. The van der Waals surface area contributed by atoms with Crippen molar-refractivity contribution in [2.45, 2.75) is 32.1 Å². The van der Waals surface area contributed by atoms with Crippen LogP contribution in [0.2, 0.25) is 0 Å². The molecule has 0 saturated heterocycles. The Morgan fingerprint density at radius 3 is 2.81 bits per heavy atom. The predicted molar refractivity (Wildman–Crippen MR) is 84.4 cm³/mol. The summed E-state index contributed by atoms with van der Waals surface area (Å²) in [6.07, 6.45) is 2.54. The molecule has 1 aliphatic carbocycles. The van der Waals surface area contributed by atoms with E-state index in [0.29, 0.717) is 19.3 Å². The van der Waals surface area contributed by atoms with Crippen molar-refractivity contribution in [3.8, 4) is 11.1 Å². The number of rotatable bonds is 3. The van der Waals surface area contributed by atoms with Crippen LogP contribution in [0.3, 0.4) is 0 Å². The van der Waals surface area contributed by atoms with Gasteiger partial charge in [-0.3, -0.25) is 0 Å². The summed E-state index contributed by atoms with van der Waals surface area (Å²) in [6, 6.07) is 11.2. The van der Waals surface area contributed by atoms with Crippen LogP contribution < -0.4 is 10.6 Å². The molecule has 21 heavy (non-hydrogen) atoms. The number of pyridine rings is 1. The summed E-state index contributed by atoms with van der Waals surface area (Å²) in [5.74, 6) is 0.882. The third-order valence-corrected chi connectivity index (χ3v) is 4.12. The average Bonchev–Trinajstić information content (AvgIpc) is 3.33. The van der Waals surface area contributed by atoms with Gasteiger partial charge >= 0.3 is 0 Å². The summed E-state index contributed by atoms with van der Waals surface area (Å²) >= 11 is 0. The maximum atomic E-state index is 5.86. The van der Waals surface area contributed by atoms with E-state index < -0.39 is 0 Å². The van der Waals surface area contributed by atoms with E-state index in [1.165, 1.54) is 35.2 Å². The number of hydrogen-bond donors (Lipinski definition) is 2. The molecule has 2 heterocycles.